The minimum absolute atomic E-state index is 0.00537. The largest absolute Gasteiger partial charge is 0.493 e. The Balaban J connectivity index is 1.74. The van der Waals surface area contributed by atoms with E-state index in [1.54, 1.807) is 54.7 Å². The molecule has 0 fully saturated rings. The number of nitrogen functional groups attached to an aromatic ring is 2. The van der Waals surface area contributed by atoms with Crippen molar-refractivity contribution in [3.63, 3.8) is 0 Å². The Bertz CT molecular complexity index is 1110. The summed E-state index contributed by atoms with van der Waals surface area (Å²) in [6.07, 6.45) is 2.29. The van der Waals surface area contributed by atoms with Gasteiger partial charge < -0.3 is 31.5 Å². The molecule has 0 aliphatic carbocycles. The van der Waals surface area contributed by atoms with Gasteiger partial charge in [0.1, 0.15) is 48.7 Å². The number of hydrogen-bond acceptors (Lipinski definition) is 7. The summed E-state index contributed by atoms with van der Waals surface area (Å²) in [5, 5.41) is 18.6. The van der Waals surface area contributed by atoms with Crippen molar-refractivity contribution in [1.29, 1.82) is 10.8 Å². The second-order valence-corrected chi connectivity index (χ2v) is 8.44. The number of rotatable bonds is 13. The molecule has 0 heterocycles. The standard InChI is InChI=1S/C27H32N6O3/c1-2-27(16-34-22-9-3-19(4-10-22)15-33-32,17-35-23-11-5-20(6-12-23)25(28)29)18-36-24-13-7-21(8-14-24)26(30)31/h3-15H,2,16-18,32H2,1H3,(H3,28,29)(H3,30,31). The minimum atomic E-state index is -0.476. The summed E-state index contributed by atoms with van der Waals surface area (Å²) in [6, 6.07) is 21.6. The fourth-order valence-corrected chi connectivity index (χ4v) is 3.34. The van der Waals surface area contributed by atoms with Crippen molar-refractivity contribution in [2.75, 3.05) is 19.8 Å². The zero-order valence-electron chi connectivity index (χ0n) is 20.2. The normalized spacial score (nSPS) is 12.6. The highest BCUT2D eigenvalue weighted by Gasteiger charge is 2.32. The number of nitrogens with two attached hydrogens (primary N) is 3. The number of hydrogen-bond donors (Lipinski definition) is 5. The molecular weight excluding hydrogens is 456 g/mol. The molecule has 0 saturated carbocycles. The molecule has 3 aromatic rings. The molecule has 3 rings (SSSR count). The van der Waals surface area contributed by atoms with Gasteiger partial charge >= 0.3 is 0 Å². The molecule has 0 aliphatic heterocycles. The van der Waals surface area contributed by atoms with E-state index in [1.807, 2.05) is 24.3 Å². The first kappa shape index (κ1) is 26.1. The number of hydrazone groups is 1. The first-order valence-corrected chi connectivity index (χ1v) is 11.4. The maximum atomic E-state index is 7.55. The molecule has 9 nitrogen and oxygen atoms in total. The Hall–Kier alpha value is -4.53. The average molecular weight is 489 g/mol. The van der Waals surface area contributed by atoms with Crippen LogP contribution in [-0.4, -0.2) is 37.7 Å². The second kappa shape index (κ2) is 12.3. The molecule has 0 atom stereocenters. The van der Waals surface area contributed by atoms with Gasteiger partial charge in [0, 0.05) is 11.1 Å². The van der Waals surface area contributed by atoms with E-state index in [2.05, 4.69) is 12.0 Å². The summed E-state index contributed by atoms with van der Waals surface area (Å²) in [5.74, 6) is 7.26. The molecule has 36 heavy (non-hydrogen) atoms. The lowest BCUT2D eigenvalue weighted by Gasteiger charge is -2.32. The molecule has 0 aliphatic rings. The number of ether oxygens (including phenoxy) is 3. The zero-order chi connectivity index (χ0) is 26.0. The van der Waals surface area contributed by atoms with Crippen molar-refractivity contribution >= 4 is 17.9 Å². The van der Waals surface area contributed by atoms with Gasteiger partial charge in [-0.25, -0.2) is 0 Å². The molecule has 8 N–H and O–H groups in total. The van der Waals surface area contributed by atoms with E-state index in [9.17, 15) is 0 Å². The Morgan fingerprint density at radius 3 is 1.39 bits per heavy atom. The van der Waals surface area contributed by atoms with E-state index in [-0.39, 0.29) is 11.7 Å². The lowest BCUT2D eigenvalue weighted by Crippen LogP contribution is -2.40. The van der Waals surface area contributed by atoms with Gasteiger partial charge in [0.25, 0.3) is 0 Å². The van der Waals surface area contributed by atoms with E-state index < -0.39 is 5.41 Å². The van der Waals surface area contributed by atoms with E-state index in [4.69, 9.17) is 42.3 Å². The van der Waals surface area contributed by atoms with Gasteiger partial charge in [-0.05, 0) is 84.8 Å². The lowest BCUT2D eigenvalue weighted by molar-refractivity contribution is 0.0293. The van der Waals surface area contributed by atoms with Crippen LogP contribution in [0.25, 0.3) is 0 Å². The van der Waals surface area contributed by atoms with Crippen LogP contribution in [0.5, 0.6) is 17.2 Å². The molecule has 0 spiro atoms. The predicted molar refractivity (Wildman–Crippen MR) is 142 cm³/mol. The van der Waals surface area contributed by atoms with Gasteiger partial charge in [-0.1, -0.05) is 6.92 Å². The summed E-state index contributed by atoms with van der Waals surface area (Å²) >= 11 is 0. The highest BCUT2D eigenvalue weighted by molar-refractivity contribution is 5.95. The van der Waals surface area contributed by atoms with E-state index in [0.29, 0.717) is 48.2 Å². The lowest BCUT2D eigenvalue weighted by atomic mass is 9.88. The third-order valence-electron chi connectivity index (χ3n) is 5.82. The maximum absolute atomic E-state index is 7.55. The van der Waals surface area contributed by atoms with Crippen molar-refractivity contribution < 1.29 is 14.2 Å². The molecule has 9 heteroatoms. The molecule has 0 aromatic heterocycles. The van der Waals surface area contributed by atoms with Crippen molar-refractivity contribution in [2.24, 2.45) is 27.8 Å². The zero-order valence-corrected chi connectivity index (χ0v) is 20.2. The van der Waals surface area contributed by atoms with Crippen LogP contribution < -0.4 is 31.5 Å². The fourth-order valence-electron chi connectivity index (χ4n) is 3.34. The van der Waals surface area contributed by atoms with E-state index in [0.717, 1.165) is 12.0 Å². The molecule has 0 unspecified atom stereocenters. The Morgan fingerprint density at radius 2 is 1.08 bits per heavy atom. The van der Waals surface area contributed by atoms with Crippen LogP contribution in [0.15, 0.2) is 77.9 Å². The molecular formula is C27H32N6O3. The van der Waals surface area contributed by atoms with Crippen LogP contribution >= 0.6 is 0 Å². The topological polar surface area (TPSA) is 166 Å². The van der Waals surface area contributed by atoms with Crippen LogP contribution in [0, 0.1) is 16.2 Å². The summed E-state index contributed by atoms with van der Waals surface area (Å²) in [6.45, 7) is 3.10. The van der Waals surface area contributed by atoms with Crippen LogP contribution in [0.1, 0.15) is 30.0 Å². The highest BCUT2D eigenvalue weighted by Crippen LogP contribution is 2.28. The third-order valence-corrected chi connectivity index (χ3v) is 5.82. The molecule has 0 saturated heterocycles. The van der Waals surface area contributed by atoms with Crippen molar-refractivity contribution in [3.05, 3.63) is 89.5 Å². The van der Waals surface area contributed by atoms with Crippen LogP contribution in [0.2, 0.25) is 0 Å². The fraction of sp³-hybridized carbons (Fsp3) is 0.222. The number of benzene rings is 3. The minimum Gasteiger partial charge on any atom is -0.493 e. The molecule has 0 amide bonds. The van der Waals surface area contributed by atoms with Gasteiger partial charge in [-0.3, -0.25) is 10.8 Å². The Kier molecular flexibility index (Phi) is 8.88. The Morgan fingerprint density at radius 1 is 0.722 bits per heavy atom. The van der Waals surface area contributed by atoms with Crippen LogP contribution in [0.4, 0.5) is 0 Å². The van der Waals surface area contributed by atoms with Gasteiger partial charge in [0.2, 0.25) is 0 Å². The van der Waals surface area contributed by atoms with Crippen LogP contribution in [0.3, 0.4) is 0 Å². The summed E-state index contributed by atoms with van der Waals surface area (Å²) in [5.41, 5.74) is 12.8. The molecule has 188 valence electrons. The first-order valence-electron chi connectivity index (χ1n) is 11.4. The van der Waals surface area contributed by atoms with Crippen molar-refractivity contribution in [2.45, 2.75) is 13.3 Å². The van der Waals surface area contributed by atoms with Gasteiger partial charge in [-0.2, -0.15) is 5.10 Å². The predicted octanol–water partition coefficient (Wildman–Crippen LogP) is 3.48. The van der Waals surface area contributed by atoms with Gasteiger partial charge in [0.05, 0.1) is 11.6 Å². The van der Waals surface area contributed by atoms with Crippen molar-refractivity contribution in [1.82, 2.24) is 0 Å². The molecule has 0 radical (unpaired) electrons. The third kappa shape index (κ3) is 7.23. The van der Waals surface area contributed by atoms with Crippen LogP contribution in [-0.2, 0) is 0 Å². The van der Waals surface area contributed by atoms with Gasteiger partial charge in [0.15, 0.2) is 0 Å². The van der Waals surface area contributed by atoms with Crippen molar-refractivity contribution in [3.8, 4) is 17.2 Å². The quantitative estimate of drug-likeness (QED) is 0.107. The number of nitrogens with zero attached hydrogens (tertiary/aromatic N) is 1. The monoisotopic (exact) mass is 488 g/mol. The van der Waals surface area contributed by atoms with Gasteiger partial charge in [-0.15, -0.1) is 0 Å². The number of amidine groups is 2. The Labute approximate surface area is 210 Å². The maximum Gasteiger partial charge on any atom is 0.122 e. The smallest absolute Gasteiger partial charge is 0.122 e. The summed E-state index contributed by atoms with van der Waals surface area (Å²) in [7, 11) is 0. The second-order valence-electron chi connectivity index (χ2n) is 8.44. The average Bonchev–Trinajstić information content (AvgIpc) is 2.90. The molecule has 0 bridgehead atoms. The highest BCUT2D eigenvalue weighted by atomic mass is 16.5. The first-order chi connectivity index (χ1) is 17.3. The van der Waals surface area contributed by atoms with E-state index in [1.165, 1.54) is 0 Å². The molecule has 3 aromatic carbocycles. The summed E-state index contributed by atoms with van der Waals surface area (Å²) < 4.78 is 18.4. The van der Waals surface area contributed by atoms with E-state index >= 15 is 0 Å². The SMILES string of the molecule is CCC(COc1ccc(C=NN)cc1)(COc1ccc(C(=N)N)cc1)COc1ccc(C(=N)N)cc1. The summed E-state index contributed by atoms with van der Waals surface area (Å²) in [4.78, 5) is 0. The number of nitrogens with one attached hydrogen (secondary N) is 2.